The van der Waals surface area contributed by atoms with Gasteiger partial charge in [-0.1, -0.05) is 75.4 Å². The van der Waals surface area contributed by atoms with Gasteiger partial charge in [0, 0.05) is 12.8 Å². The molecule has 0 unspecified atom stereocenters. The maximum absolute atomic E-state index is 10.5. The van der Waals surface area contributed by atoms with Crippen LogP contribution in [0, 0.1) is 54.8 Å². The molecule has 366 valence electrons. The van der Waals surface area contributed by atoms with Crippen molar-refractivity contribution in [2.45, 2.75) is 89.8 Å². The van der Waals surface area contributed by atoms with Crippen LogP contribution in [0.15, 0.2) is 87.5 Å². The van der Waals surface area contributed by atoms with Crippen molar-refractivity contribution in [2.75, 3.05) is 93.3 Å². The van der Waals surface area contributed by atoms with E-state index in [4.69, 9.17) is 34.2 Å². The molecule has 0 bridgehead atoms. The summed E-state index contributed by atoms with van der Waals surface area (Å²) in [7, 11) is -5.61. The summed E-state index contributed by atoms with van der Waals surface area (Å²) < 4.78 is 96.7. The molecule has 3 heterocycles. The second kappa shape index (κ2) is 30.8. The number of quaternary nitrogens is 3. The van der Waals surface area contributed by atoms with E-state index in [1.54, 1.807) is 36.4 Å². The van der Waals surface area contributed by atoms with Crippen LogP contribution in [-0.2, 0) is 35.1 Å². The predicted octanol–water partition coefficient (Wildman–Crippen LogP) is 7.51. The minimum atomic E-state index is -4.02. The minimum Gasteiger partial charge on any atom is -0.370 e. The molecular formula is C46H77N6O10S3+3. The summed E-state index contributed by atoms with van der Waals surface area (Å²) in [6, 6.07) is 24.6. The van der Waals surface area contributed by atoms with Crippen molar-refractivity contribution in [2.24, 2.45) is 0 Å². The molecule has 3 fully saturated rings. The molecule has 65 heavy (non-hydrogen) atoms. The van der Waals surface area contributed by atoms with Gasteiger partial charge in [-0.05, 0) is 76.4 Å². The molecular weight excluding hydrogens is 893 g/mol. The molecule has 0 amide bonds. The van der Waals surface area contributed by atoms with Crippen LogP contribution in [0.25, 0.3) is 0 Å². The molecule has 0 saturated carbocycles. The molecule has 3 aliphatic heterocycles. The summed E-state index contributed by atoms with van der Waals surface area (Å²) in [4.78, 5) is -0.200. The lowest BCUT2D eigenvalue weighted by Crippen LogP contribution is -2.51. The monoisotopic (exact) mass is 969 g/mol. The number of piperidine rings is 1. The highest BCUT2D eigenvalue weighted by Gasteiger charge is 2.26. The molecule has 0 aliphatic carbocycles. The van der Waals surface area contributed by atoms with Gasteiger partial charge in [0.25, 0.3) is 30.4 Å². The summed E-state index contributed by atoms with van der Waals surface area (Å²) in [5.74, 6) is 0. The molecule has 0 spiro atoms. The Bertz CT molecular complexity index is 2040. The lowest BCUT2D eigenvalue weighted by molar-refractivity contribution is -0.910. The fourth-order valence-electron chi connectivity index (χ4n) is 6.28. The van der Waals surface area contributed by atoms with Crippen molar-refractivity contribution >= 4 is 30.4 Å². The number of hydrogen-bond donors (Lipinski definition) is 3. The number of hydrogen-bond acceptors (Lipinski definition) is 10. The summed E-state index contributed by atoms with van der Waals surface area (Å²) in [5.41, 5.74) is 2.87. The van der Waals surface area contributed by atoms with E-state index in [0.29, 0.717) is 19.6 Å². The average Bonchev–Trinajstić information content (AvgIpc) is 3.62. The standard InChI is InChI=1S/C8H15N2.C7H13N2O.C7H13N2.3C7H8O3S.3CH4/c1-10(8-5-9)6-3-2-4-7-10;1-9(3-2-8)4-6-10-7-5-9;1-9(7-4-8)5-2-3-6-9;3*1-6-2-4-7(5-3-6)11(8,9)10;;;/h2-4,6-8H2,1H3;3-7H2,1H3;2-3,5-7H2,1H3;3*2-5H,1H3,(H,8,9,10);3*1H4/q3*+1;;;;;;. The highest BCUT2D eigenvalue weighted by atomic mass is 32.2. The van der Waals surface area contributed by atoms with Gasteiger partial charge in [0.2, 0.25) is 0 Å². The highest BCUT2D eigenvalue weighted by Crippen LogP contribution is 2.16. The third-order valence-corrected chi connectivity index (χ3v) is 13.0. The number of ether oxygens (including phenoxy) is 1. The van der Waals surface area contributed by atoms with E-state index in [1.807, 2.05) is 20.8 Å². The molecule has 3 aromatic rings. The van der Waals surface area contributed by atoms with Crippen LogP contribution in [0.5, 0.6) is 0 Å². The molecule has 3 N–H and O–H groups in total. The second-order valence-electron chi connectivity index (χ2n) is 16.4. The van der Waals surface area contributed by atoms with E-state index in [1.165, 1.54) is 94.7 Å². The fourth-order valence-corrected chi connectivity index (χ4v) is 7.72. The molecule has 3 aliphatic rings. The number of likely N-dealkylation sites (tertiary alicyclic amines) is 2. The molecule has 3 aromatic carbocycles. The number of benzene rings is 3. The Morgan fingerprint density at radius 3 is 0.877 bits per heavy atom. The molecule has 6 rings (SSSR count). The lowest BCUT2D eigenvalue weighted by Gasteiger charge is -2.35. The van der Waals surface area contributed by atoms with Gasteiger partial charge in [-0.3, -0.25) is 13.7 Å². The maximum Gasteiger partial charge on any atom is 0.294 e. The van der Waals surface area contributed by atoms with Crippen LogP contribution in [0.3, 0.4) is 0 Å². The number of morpholine rings is 1. The van der Waals surface area contributed by atoms with Crippen LogP contribution in [0.1, 0.15) is 71.1 Å². The largest absolute Gasteiger partial charge is 0.370 e. The third-order valence-electron chi connectivity index (χ3n) is 10.4. The van der Waals surface area contributed by atoms with Gasteiger partial charge < -0.3 is 18.2 Å². The first-order valence-electron chi connectivity index (χ1n) is 20.1. The average molecular weight is 970 g/mol. The van der Waals surface area contributed by atoms with E-state index in [9.17, 15) is 25.3 Å². The fraction of sp³-hybridized carbons (Fsp3) is 0.543. The van der Waals surface area contributed by atoms with E-state index >= 15 is 0 Å². The van der Waals surface area contributed by atoms with Gasteiger partial charge in [-0.15, -0.1) is 0 Å². The Hall–Kier alpha value is -4.30. The zero-order chi connectivity index (χ0) is 47.1. The second-order valence-corrected chi connectivity index (χ2v) is 20.7. The number of nitrogens with zero attached hydrogens (tertiary/aromatic N) is 6. The first-order valence-corrected chi connectivity index (χ1v) is 24.4. The third kappa shape index (κ3) is 27.7. The van der Waals surface area contributed by atoms with E-state index < -0.39 is 30.4 Å². The summed E-state index contributed by atoms with van der Waals surface area (Å²) >= 11 is 0. The molecule has 0 radical (unpaired) electrons. The zero-order valence-electron chi connectivity index (χ0n) is 36.8. The molecule has 16 nitrogen and oxygen atoms in total. The van der Waals surface area contributed by atoms with Crippen LogP contribution in [0.2, 0.25) is 0 Å². The Balaban J connectivity index is -0.000000704. The van der Waals surface area contributed by atoms with Crippen LogP contribution >= 0.6 is 0 Å². The number of likely N-dealkylation sites (N-methyl/N-ethyl adjacent to an activating group) is 1. The summed E-state index contributed by atoms with van der Waals surface area (Å²) in [6.07, 6.45) is 6.58. The van der Waals surface area contributed by atoms with Crippen molar-refractivity contribution in [3.8, 4) is 18.2 Å². The molecule has 3 saturated heterocycles. The normalized spacial score (nSPS) is 16.3. The van der Waals surface area contributed by atoms with Crippen LogP contribution in [-0.4, -0.2) is 146 Å². The smallest absolute Gasteiger partial charge is 0.294 e. The van der Waals surface area contributed by atoms with Gasteiger partial charge in [0.1, 0.15) is 31.3 Å². The first kappa shape index (κ1) is 65.0. The van der Waals surface area contributed by atoms with E-state index in [2.05, 4.69) is 39.4 Å². The van der Waals surface area contributed by atoms with E-state index in [0.717, 1.165) is 56.4 Å². The zero-order valence-corrected chi connectivity index (χ0v) is 39.3. The van der Waals surface area contributed by atoms with Crippen LogP contribution in [0.4, 0.5) is 0 Å². The Kier molecular flexibility index (Phi) is 30.8. The van der Waals surface area contributed by atoms with Gasteiger partial charge in [0.15, 0.2) is 19.6 Å². The van der Waals surface area contributed by atoms with Gasteiger partial charge in [-0.25, -0.2) is 0 Å². The summed E-state index contributed by atoms with van der Waals surface area (Å²) in [6.45, 7) is 15.9. The Labute approximate surface area is 392 Å². The van der Waals surface area contributed by atoms with Crippen molar-refractivity contribution in [3.05, 3.63) is 89.5 Å². The number of nitriles is 3. The van der Waals surface area contributed by atoms with Crippen molar-refractivity contribution in [1.82, 2.24) is 0 Å². The van der Waals surface area contributed by atoms with Crippen molar-refractivity contribution in [1.29, 1.82) is 15.8 Å². The minimum absolute atomic E-state index is 0. The SMILES string of the molecule is C.C.C.C[N+]1(CC#N)CCCC1.C[N+]1(CC#N)CCCCC1.C[N+]1(CC#N)CCOCC1.Cc1ccc(S(=O)(=O)O)cc1.Cc1ccc(S(=O)(=O)O)cc1.Cc1ccc(S(=O)(=O)O)cc1. The van der Waals surface area contributed by atoms with Crippen molar-refractivity contribution < 1.29 is 57.1 Å². The maximum atomic E-state index is 10.5. The molecule has 0 aromatic heterocycles. The van der Waals surface area contributed by atoms with Gasteiger partial charge >= 0.3 is 0 Å². The highest BCUT2D eigenvalue weighted by molar-refractivity contribution is 7.86. The topological polar surface area (TPSA) is 244 Å². The number of aryl methyl sites for hydroxylation is 3. The Morgan fingerprint density at radius 1 is 0.446 bits per heavy atom. The first-order chi connectivity index (χ1) is 28.8. The Morgan fingerprint density at radius 2 is 0.662 bits per heavy atom. The van der Waals surface area contributed by atoms with Crippen LogP contribution < -0.4 is 0 Å². The van der Waals surface area contributed by atoms with Gasteiger partial charge in [0.05, 0.1) is 75.2 Å². The van der Waals surface area contributed by atoms with E-state index in [-0.39, 0.29) is 37.0 Å². The molecule has 0 atom stereocenters. The number of rotatable bonds is 6. The quantitative estimate of drug-likeness (QED) is 0.123. The van der Waals surface area contributed by atoms with Crippen molar-refractivity contribution in [3.63, 3.8) is 0 Å². The lowest BCUT2D eigenvalue weighted by atomic mass is 10.1. The summed E-state index contributed by atoms with van der Waals surface area (Å²) in [5, 5.41) is 25.4. The predicted molar refractivity (Wildman–Crippen MR) is 256 cm³/mol. The van der Waals surface area contributed by atoms with Gasteiger partial charge in [-0.2, -0.15) is 41.0 Å². The molecule has 19 heteroatoms.